The number of methoxy groups -OCH3 is 2. The van der Waals surface area contributed by atoms with Crippen molar-refractivity contribution in [3.05, 3.63) is 56.5 Å². The first-order valence-electron chi connectivity index (χ1n) is 6.21. The Bertz CT molecular complexity index is 698. The van der Waals surface area contributed by atoms with Crippen LogP contribution in [0.5, 0.6) is 11.5 Å². The monoisotopic (exact) mass is 368 g/mol. The maximum absolute atomic E-state index is 12.8. The number of hydrogen-bond acceptors (Lipinski definition) is 3. The molecule has 2 aromatic carbocycles. The molecule has 0 amide bonds. The van der Waals surface area contributed by atoms with Gasteiger partial charge in [-0.15, -0.1) is 0 Å². The molecular formula is C16H14BrClO3. The van der Waals surface area contributed by atoms with E-state index in [1.54, 1.807) is 18.2 Å². The van der Waals surface area contributed by atoms with Gasteiger partial charge in [0.25, 0.3) is 0 Å². The van der Waals surface area contributed by atoms with Gasteiger partial charge in [-0.2, -0.15) is 0 Å². The topological polar surface area (TPSA) is 35.5 Å². The smallest absolute Gasteiger partial charge is 0.197 e. The third kappa shape index (κ3) is 3.06. The number of carbonyl (C=O) groups is 1. The van der Waals surface area contributed by atoms with Crippen molar-refractivity contribution in [1.82, 2.24) is 0 Å². The molecule has 110 valence electrons. The molecule has 2 rings (SSSR count). The molecule has 0 N–H and O–H groups in total. The molecule has 0 aliphatic rings. The molecule has 0 fully saturated rings. The molecule has 0 aliphatic heterocycles. The van der Waals surface area contributed by atoms with Crippen LogP contribution in [-0.2, 0) is 0 Å². The Balaban J connectivity index is 2.58. The summed E-state index contributed by atoms with van der Waals surface area (Å²) < 4.78 is 11.3. The molecule has 0 radical (unpaired) electrons. The summed E-state index contributed by atoms with van der Waals surface area (Å²) >= 11 is 9.59. The highest BCUT2D eigenvalue weighted by Crippen LogP contribution is 2.38. The molecule has 21 heavy (non-hydrogen) atoms. The van der Waals surface area contributed by atoms with Crippen molar-refractivity contribution in [2.24, 2.45) is 0 Å². The summed E-state index contributed by atoms with van der Waals surface area (Å²) in [5.74, 6) is 0.645. The summed E-state index contributed by atoms with van der Waals surface area (Å²) in [6.07, 6.45) is 0. The standard InChI is InChI=1S/C16H14BrClO3/c1-9-4-5-10(17)8-12(9)15(19)11-6-7-13(20-2)14(18)16(11)21-3/h4-8H,1-3H3. The normalized spacial score (nSPS) is 10.3. The lowest BCUT2D eigenvalue weighted by Gasteiger charge is -2.13. The molecule has 0 aromatic heterocycles. The zero-order valence-electron chi connectivity index (χ0n) is 11.9. The third-order valence-electron chi connectivity index (χ3n) is 3.17. The molecule has 0 unspecified atom stereocenters. The fourth-order valence-corrected chi connectivity index (χ4v) is 2.74. The average Bonchev–Trinajstić information content (AvgIpc) is 2.48. The molecular weight excluding hydrogens is 356 g/mol. The zero-order chi connectivity index (χ0) is 15.6. The lowest BCUT2D eigenvalue weighted by Crippen LogP contribution is -2.07. The van der Waals surface area contributed by atoms with E-state index in [1.165, 1.54) is 14.2 Å². The molecule has 0 spiro atoms. The highest BCUT2D eigenvalue weighted by atomic mass is 79.9. The van der Waals surface area contributed by atoms with E-state index in [9.17, 15) is 4.79 Å². The maximum Gasteiger partial charge on any atom is 0.197 e. The van der Waals surface area contributed by atoms with Crippen LogP contribution >= 0.6 is 27.5 Å². The van der Waals surface area contributed by atoms with Gasteiger partial charge in [-0.25, -0.2) is 0 Å². The predicted octanol–water partition coefficient (Wildman–Crippen LogP) is 4.66. The number of rotatable bonds is 4. The minimum absolute atomic E-state index is 0.143. The largest absolute Gasteiger partial charge is 0.495 e. The van der Waals surface area contributed by atoms with Crippen molar-refractivity contribution in [2.75, 3.05) is 14.2 Å². The molecule has 0 saturated carbocycles. The number of ketones is 1. The summed E-state index contributed by atoms with van der Waals surface area (Å²) in [5.41, 5.74) is 1.89. The first-order chi connectivity index (χ1) is 9.99. The number of carbonyl (C=O) groups excluding carboxylic acids is 1. The number of aryl methyl sites for hydroxylation is 1. The van der Waals surface area contributed by atoms with Crippen LogP contribution in [0.3, 0.4) is 0 Å². The van der Waals surface area contributed by atoms with E-state index in [2.05, 4.69) is 15.9 Å². The lowest BCUT2D eigenvalue weighted by atomic mass is 9.98. The van der Waals surface area contributed by atoms with Crippen LogP contribution in [-0.4, -0.2) is 20.0 Å². The number of halogens is 2. The van der Waals surface area contributed by atoms with Crippen LogP contribution in [0, 0.1) is 6.92 Å². The molecule has 2 aromatic rings. The second kappa shape index (κ2) is 6.50. The Kier molecular flexibility index (Phi) is 4.91. The van der Waals surface area contributed by atoms with Gasteiger partial charge in [0.1, 0.15) is 10.8 Å². The average molecular weight is 370 g/mol. The van der Waals surface area contributed by atoms with Crippen molar-refractivity contribution in [2.45, 2.75) is 6.92 Å². The van der Waals surface area contributed by atoms with Gasteiger partial charge in [0.2, 0.25) is 0 Å². The van der Waals surface area contributed by atoms with E-state index in [1.807, 2.05) is 19.1 Å². The fourth-order valence-electron chi connectivity index (χ4n) is 2.06. The highest BCUT2D eigenvalue weighted by Gasteiger charge is 2.21. The minimum atomic E-state index is -0.143. The second-order valence-electron chi connectivity index (χ2n) is 4.45. The van der Waals surface area contributed by atoms with Gasteiger partial charge in [0.15, 0.2) is 11.5 Å². The van der Waals surface area contributed by atoms with Crippen molar-refractivity contribution in [1.29, 1.82) is 0 Å². The van der Waals surface area contributed by atoms with Crippen LogP contribution in [0.2, 0.25) is 5.02 Å². The van der Waals surface area contributed by atoms with E-state index in [4.69, 9.17) is 21.1 Å². The van der Waals surface area contributed by atoms with Crippen LogP contribution in [0.15, 0.2) is 34.8 Å². The molecule has 3 nitrogen and oxygen atoms in total. The summed E-state index contributed by atoms with van der Waals surface area (Å²) in [4.78, 5) is 12.8. The predicted molar refractivity (Wildman–Crippen MR) is 86.9 cm³/mol. The molecule has 0 bridgehead atoms. The van der Waals surface area contributed by atoms with E-state index in [0.29, 0.717) is 27.6 Å². The number of ether oxygens (including phenoxy) is 2. The zero-order valence-corrected chi connectivity index (χ0v) is 14.2. The third-order valence-corrected chi connectivity index (χ3v) is 4.03. The quantitative estimate of drug-likeness (QED) is 0.735. The highest BCUT2D eigenvalue weighted by molar-refractivity contribution is 9.10. The summed E-state index contributed by atoms with van der Waals surface area (Å²) in [6, 6.07) is 8.88. The lowest BCUT2D eigenvalue weighted by molar-refractivity contribution is 0.103. The van der Waals surface area contributed by atoms with E-state index in [-0.39, 0.29) is 5.78 Å². The minimum Gasteiger partial charge on any atom is -0.495 e. The van der Waals surface area contributed by atoms with Gasteiger partial charge < -0.3 is 9.47 Å². The maximum atomic E-state index is 12.8. The van der Waals surface area contributed by atoms with E-state index >= 15 is 0 Å². The van der Waals surface area contributed by atoms with Crippen LogP contribution in [0.1, 0.15) is 21.5 Å². The Morgan fingerprint density at radius 2 is 1.81 bits per heavy atom. The van der Waals surface area contributed by atoms with Gasteiger partial charge in [-0.05, 0) is 36.8 Å². The van der Waals surface area contributed by atoms with Crippen LogP contribution in [0.4, 0.5) is 0 Å². The molecule has 0 heterocycles. The second-order valence-corrected chi connectivity index (χ2v) is 5.74. The first kappa shape index (κ1) is 15.9. The summed E-state index contributed by atoms with van der Waals surface area (Å²) in [7, 11) is 2.99. The number of benzene rings is 2. The van der Waals surface area contributed by atoms with Gasteiger partial charge in [0, 0.05) is 10.0 Å². The Hall–Kier alpha value is -1.52. The van der Waals surface area contributed by atoms with Crippen molar-refractivity contribution < 1.29 is 14.3 Å². The number of hydrogen-bond donors (Lipinski definition) is 0. The van der Waals surface area contributed by atoms with Crippen molar-refractivity contribution in [3.63, 3.8) is 0 Å². The SMILES string of the molecule is COc1ccc(C(=O)c2cc(Br)ccc2C)c(OC)c1Cl. The Morgan fingerprint density at radius 3 is 2.43 bits per heavy atom. The molecule has 0 aliphatic carbocycles. The van der Waals surface area contributed by atoms with Gasteiger partial charge >= 0.3 is 0 Å². The fraction of sp³-hybridized carbons (Fsp3) is 0.188. The van der Waals surface area contributed by atoms with Gasteiger partial charge in [-0.1, -0.05) is 33.6 Å². The molecule has 5 heteroatoms. The van der Waals surface area contributed by atoms with E-state index in [0.717, 1.165) is 10.0 Å². The van der Waals surface area contributed by atoms with Gasteiger partial charge in [-0.3, -0.25) is 4.79 Å². The Labute approximate surface area is 137 Å². The van der Waals surface area contributed by atoms with Crippen molar-refractivity contribution in [3.8, 4) is 11.5 Å². The van der Waals surface area contributed by atoms with Crippen LogP contribution in [0.25, 0.3) is 0 Å². The van der Waals surface area contributed by atoms with E-state index < -0.39 is 0 Å². The van der Waals surface area contributed by atoms with Crippen LogP contribution < -0.4 is 9.47 Å². The van der Waals surface area contributed by atoms with Crippen molar-refractivity contribution >= 4 is 33.3 Å². The van der Waals surface area contributed by atoms with Gasteiger partial charge in [0.05, 0.1) is 19.8 Å². The molecule has 0 atom stereocenters. The summed E-state index contributed by atoms with van der Waals surface area (Å²) in [5, 5.41) is 0.290. The Morgan fingerprint density at radius 1 is 1.10 bits per heavy atom. The molecule has 0 saturated heterocycles. The summed E-state index contributed by atoms with van der Waals surface area (Å²) in [6.45, 7) is 1.89. The first-order valence-corrected chi connectivity index (χ1v) is 7.38.